The minimum absolute atomic E-state index is 0.0246. The lowest BCUT2D eigenvalue weighted by atomic mass is 10.1. The maximum absolute atomic E-state index is 12.5. The Hall–Kier alpha value is -3.50. The minimum atomic E-state index is -0.594. The Morgan fingerprint density at radius 1 is 1.25 bits per heavy atom. The fraction of sp³-hybridized carbons (Fsp3) is 0.0952. The van der Waals surface area contributed by atoms with E-state index in [1.807, 2.05) is 25.1 Å². The summed E-state index contributed by atoms with van der Waals surface area (Å²) in [7, 11) is 1.44. The molecule has 0 fully saturated rings. The Morgan fingerprint density at radius 3 is 2.72 bits per heavy atom. The number of hydrazone groups is 1. The standard InChI is InChI=1S/C21H16BrClN6O3/c1-11-7-16(13-3-5-14(23)6-4-13)25-21-26-19(28-29(11)21)20(31)27-24-10-12-8-15(22)18(30)17(9-12)32-2/h3-10,30H,1-2H3,(H,27,31)/b24-10+. The smallest absolute Gasteiger partial charge is 0.311 e. The molecule has 2 aromatic heterocycles. The number of fused-ring (bicyclic) bond motifs is 1. The summed E-state index contributed by atoms with van der Waals surface area (Å²) >= 11 is 9.18. The summed E-state index contributed by atoms with van der Waals surface area (Å²) in [5.41, 5.74) is 5.30. The van der Waals surface area contributed by atoms with Gasteiger partial charge in [-0.1, -0.05) is 23.7 Å². The molecule has 2 heterocycles. The molecule has 4 rings (SSSR count). The van der Waals surface area contributed by atoms with Crippen LogP contribution in [0.15, 0.2) is 52.0 Å². The summed E-state index contributed by atoms with van der Waals surface area (Å²) < 4.78 is 7.01. The van der Waals surface area contributed by atoms with Crippen molar-refractivity contribution in [1.82, 2.24) is 25.0 Å². The predicted molar refractivity (Wildman–Crippen MR) is 123 cm³/mol. The third kappa shape index (κ3) is 4.41. The lowest BCUT2D eigenvalue weighted by Gasteiger charge is -2.06. The normalized spacial score (nSPS) is 11.2. The number of nitrogens with zero attached hydrogens (tertiary/aromatic N) is 5. The van der Waals surface area contributed by atoms with Gasteiger partial charge in [-0.3, -0.25) is 4.79 Å². The van der Waals surface area contributed by atoms with Crippen LogP contribution >= 0.6 is 27.5 Å². The molecule has 1 amide bonds. The number of hydrogen-bond acceptors (Lipinski definition) is 7. The first kappa shape index (κ1) is 21.7. The second-order valence-electron chi connectivity index (χ2n) is 6.69. The zero-order valence-electron chi connectivity index (χ0n) is 16.9. The quantitative estimate of drug-likeness (QED) is 0.307. The molecular weight excluding hydrogens is 500 g/mol. The second kappa shape index (κ2) is 8.93. The number of nitrogens with one attached hydrogen (secondary N) is 1. The van der Waals surface area contributed by atoms with E-state index in [0.717, 1.165) is 11.3 Å². The zero-order chi connectivity index (χ0) is 22.8. The van der Waals surface area contributed by atoms with Gasteiger partial charge in [-0.15, -0.1) is 5.10 Å². The molecular formula is C21H16BrClN6O3. The van der Waals surface area contributed by atoms with Crippen molar-refractivity contribution in [2.75, 3.05) is 7.11 Å². The van der Waals surface area contributed by atoms with Gasteiger partial charge in [0.15, 0.2) is 11.5 Å². The number of benzene rings is 2. The van der Waals surface area contributed by atoms with Crippen LogP contribution in [0.5, 0.6) is 11.5 Å². The fourth-order valence-corrected chi connectivity index (χ4v) is 3.50. The summed E-state index contributed by atoms with van der Waals surface area (Å²) in [5.74, 6) is -0.133. The molecule has 0 bridgehead atoms. The maximum atomic E-state index is 12.5. The number of rotatable bonds is 5. The zero-order valence-corrected chi connectivity index (χ0v) is 19.2. The third-order valence-corrected chi connectivity index (χ3v) is 5.34. The van der Waals surface area contributed by atoms with Gasteiger partial charge in [-0.05, 0) is 58.7 Å². The molecule has 11 heteroatoms. The molecule has 9 nitrogen and oxygen atoms in total. The molecule has 0 unspecified atom stereocenters. The van der Waals surface area contributed by atoms with E-state index >= 15 is 0 Å². The predicted octanol–water partition coefficient (Wildman–Crippen LogP) is 3.99. The molecule has 0 saturated carbocycles. The largest absolute Gasteiger partial charge is 0.503 e. The highest BCUT2D eigenvalue weighted by molar-refractivity contribution is 9.10. The Labute approximate surface area is 195 Å². The number of hydrogen-bond donors (Lipinski definition) is 2. The molecule has 0 aliphatic heterocycles. The van der Waals surface area contributed by atoms with Crippen LogP contribution in [0.3, 0.4) is 0 Å². The summed E-state index contributed by atoms with van der Waals surface area (Å²) in [6.07, 6.45) is 1.41. The average molecular weight is 516 g/mol. The number of carbonyl (C=O) groups is 1. The monoisotopic (exact) mass is 514 g/mol. The Kier molecular flexibility index (Phi) is 6.06. The van der Waals surface area contributed by atoms with Crippen LogP contribution in [0.25, 0.3) is 17.0 Å². The number of phenolic OH excluding ortho intramolecular Hbond substituents is 1. The number of halogens is 2. The number of ether oxygens (including phenoxy) is 1. The van der Waals surface area contributed by atoms with Crippen molar-refractivity contribution in [2.24, 2.45) is 5.10 Å². The number of aryl methyl sites for hydroxylation is 1. The highest BCUT2D eigenvalue weighted by Crippen LogP contribution is 2.34. The molecule has 0 atom stereocenters. The maximum Gasteiger partial charge on any atom is 0.311 e. The van der Waals surface area contributed by atoms with Gasteiger partial charge in [-0.2, -0.15) is 10.1 Å². The lowest BCUT2D eigenvalue weighted by molar-refractivity contribution is 0.0945. The van der Waals surface area contributed by atoms with Crippen LogP contribution in [0, 0.1) is 6.92 Å². The summed E-state index contributed by atoms with van der Waals surface area (Å²) in [6.45, 7) is 1.85. The second-order valence-corrected chi connectivity index (χ2v) is 7.98. The number of amides is 1. The van der Waals surface area contributed by atoms with Crippen molar-refractivity contribution < 1.29 is 14.6 Å². The lowest BCUT2D eigenvalue weighted by Crippen LogP contribution is -2.19. The molecule has 0 aliphatic rings. The average Bonchev–Trinajstić information content (AvgIpc) is 3.21. The number of methoxy groups -OCH3 is 1. The number of phenols is 1. The van der Waals surface area contributed by atoms with Gasteiger partial charge >= 0.3 is 5.91 Å². The first-order valence-electron chi connectivity index (χ1n) is 9.26. The summed E-state index contributed by atoms with van der Waals surface area (Å²) in [6, 6.07) is 12.3. The molecule has 0 spiro atoms. The number of carbonyl (C=O) groups excluding carboxylic acids is 1. The van der Waals surface area contributed by atoms with Gasteiger partial charge in [0.05, 0.1) is 23.5 Å². The Morgan fingerprint density at radius 2 is 2.00 bits per heavy atom. The molecule has 2 N–H and O–H groups in total. The molecule has 32 heavy (non-hydrogen) atoms. The van der Waals surface area contributed by atoms with E-state index in [0.29, 0.717) is 20.8 Å². The van der Waals surface area contributed by atoms with Crippen molar-refractivity contribution in [1.29, 1.82) is 0 Å². The molecule has 4 aromatic rings. The number of aromatic nitrogens is 4. The first-order valence-corrected chi connectivity index (χ1v) is 10.4. The third-order valence-electron chi connectivity index (χ3n) is 4.48. The van der Waals surface area contributed by atoms with Gasteiger partial charge in [0.2, 0.25) is 5.82 Å². The molecule has 162 valence electrons. The Balaban J connectivity index is 1.55. The fourth-order valence-electron chi connectivity index (χ4n) is 2.92. The van der Waals surface area contributed by atoms with E-state index in [-0.39, 0.29) is 23.1 Å². The van der Waals surface area contributed by atoms with E-state index in [2.05, 4.69) is 41.5 Å². The van der Waals surface area contributed by atoms with Crippen LogP contribution in [0.2, 0.25) is 5.02 Å². The van der Waals surface area contributed by atoms with Crippen molar-refractivity contribution in [3.05, 3.63) is 69.0 Å². The number of aromatic hydroxyl groups is 1. The highest BCUT2D eigenvalue weighted by Gasteiger charge is 2.16. The summed E-state index contributed by atoms with van der Waals surface area (Å²) in [5, 5.41) is 18.6. The molecule has 0 aliphatic carbocycles. The van der Waals surface area contributed by atoms with E-state index in [1.165, 1.54) is 17.8 Å². The van der Waals surface area contributed by atoms with E-state index in [9.17, 15) is 9.90 Å². The van der Waals surface area contributed by atoms with Crippen LogP contribution in [0.4, 0.5) is 0 Å². The topological polar surface area (TPSA) is 114 Å². The van der Waals surface area contributed by atoms with E-state index < -0.39 is 5.91 Å². The van der Waals surface area contributed by atoms with E-state index in [4.69, 9.17) is 16.3 Å². The SMILES string of the molecule is COc1cc(/C=N/NC(=O)c2nc3nc(-c4ccc(Cl)cc4)cc(C)n3n2)cc(Br)c1O. The highest BCUT2D eigenvalue weighted by atomic mass is 79.9. The first-order chi connectivity index (χ1) is 15.4. The van der Waals surface area contributed by atoms with Crippen molar-refractivity contribution in [2.45, 2.75) is 6.92 Å². The van der Waals surface area contributed by atoms with Gasteiger partial charge in [-0.25, -0.2) is 14.9 Å². The van der Waals surface area contributed by atoms with Crippen molar-refractivity contribution in [3.8, 4) is 22.8 Å². The Bertz CT molecular complexity index is 1350. The van der Waals surface area contributed by atoms with Crippen molar-refractivity contribution >= 4 is 45.4 Å². The molecule has 0 radical (unpaired) electrons. The van der Waals surface area contributed by atoms with Gasteiger partial charge < -0.3 is 9.84 Å². The minimum Gasteiger partial charge on any atom is -0.503 e. The van der Waals surface area contributed by atoms with Gasteiger partial charge in [0.1, 0.15) is 0 Å². The van der Waals surface area contributed by atoms with Crippen molar-refractivity contribution in [3.63, 3.8) is 0 Å². The van der Waals surface area contributed by atoms with Crippen LogP contribution in [0.1, 0.15) is 21.9 Å². The van der Waals surface area contributed by atoms with Gasteiger partial charge in [0, 0.05) is 16.3 Å². The van der Waals surface area contributed by atoms with Gasteiger partial charge in [0.25, 0.3) is 5.78 Å². The van der Waals surface area contributed by atoms with Crippen LogP contribution in [-0.2, 0) is 0 Å². The van der Waals surface area contributed by atoms with Crippen LogP contribution < -0.4 is 10.2 Å². The molecule has 2 aromatic carbocycles. The van der Waals surface area contributed by atoms with Crippen LogP contribution in [-0.4, -0.2) is 43.9 Å². The summed E-state index contributed by atoms with van der Waals surface area (Å²) in [4.78, 5) is 21.2. The van der Waals surface area contributed by atoms with E-state index in [1.54, 1.807) is 24.3 Å². The molecule has 0 saturated heterocycles.